The molecule has 19 heavy (non-hydrogen) atoms. The fraction of sp³-hybridized carbons (Fsp3) is 0.417. The number of rotatable bonds is 5. The molecule has 0 aromatic carbocycles. The Bertz CT molecular complexity index is 615. The van der Waals surface area contributed by atoms with Crippen molar-refractivity contribution >= 4 is 11.5 Å². The molecule has 0 atom stereocenters. The van der Waals surface area contributed by atoms with Crippen LogP contribution in [0, 0.1) is 13.8 Å². The zero-order valence-corrected chi connectivity index (χ0v) is 11.1. The first kappa shape index (κ1) is 13.1. The molecule has 0 bridgehead atoms. The van der Waals surface area contributed by atoms with Crippen LogP contribution in [-0.2, 0) is 6.54 Å². The molecule has 0 spiro atoms. The van der Waals surface area contributed by atoms with Gasteiger partial charge in [0.15, 0.2) is 5.82 Å². The van der Waals surface area contributed by atoms with Gasteiger partial charge in [0.1, 0.15) is 5.69 Å². The van der Waals surface area contributed by atoms with E-state index in [4.69, 9.17) is 5.73 Å². The average molecular weight is 262 g/mol. The van der Waals surface area contributed by atoms with Crippen molar-refractivity contribution < 1.29 is 0 Å². The molecule has 4 N–H and O–H groups in total. The molecular weight excluding hydrogens is 244 g/mol. The fourth-order valence-corrected chi connectivity index (χ4v) is 1.89. The van der Waals surface area contributed by atoms with Gasteiger partial charge < -0.3 is 16.0 Å². The van der Waals surface area contributed by atoms with E-state index in [1.54, 1.807) is 0 Å². The van der Waals surface area contributed by atoms with Crippen molar-refractivity contribution in [3.63, 3.8) is 0 Å². The van der Waals surface area contributed by atoms with Crippen LogP contribution in [0.25, 0.3) is 0 Å². The molecule has 7 heteroatoms. The summed E-state index contributed by atoms with van der Waals surface area (Å²) in [5.74, 6) is 0.428. The molecule has 0 aliphatic carbocycles. The third-order valence-electron chi connectivity index (χ3n) is 2.83. The van der Waals surface area contributed by atoms with Crippen molar-refractivity contribution in [2.75, 3.05) is 17.6 Å². The highest BCUT2D eigenvalue weighted by Crippen LogP contribution is 2.07. The first-order valence-electron chi connectivity index (χ1n) is 6.16. The van der Waals surface area contributed by atoms with Crippen LogP contribution in [0.3, 0.4) is 0 Å². The van der Waals surface area contributed by atoms with Gasteiger partial charge in [0.25, 0.3) is 5.56 Å². The predicted molar refractivity (Wildman–Crippen MR) is 74.1 cm³/mol. The molecule has 0 fully saturated rings. The second-order valence-corrected chi connectivity index (χ2v) is 4.42. The normalized spacial score (nSPS) is 10.6. The first-order chi connectivity index (χ1) is 9.08. The Hall–Kier alpha value is -2.31. The van der Waals surface area contributed by atoms with Crippen molar-refractivity contribution in [2.45, 2.75) is 26.8 Å². The van der Waals surface area contributed by atoms with Crippen molar-refractivity contribution in [1.82, 2.24) is 19.7 Å². The van der Waals surface area contributed by atoms with E-state index in [9.17, 15) is 4.79 Å². The minimum atomic E-state index is -0.323. The maximum absolute atomic E-state index is 11.3. The van der Waals surface area contributed by atoms with E-state index < -0.39 is 0 Å². The van der Waals surface area contributed by atoms with Gasteiger partial charge in [0.2, 0.25) is 0 Å². The lowest BCUT2D eigenvalue weighted by atomic mass is 10.3. The van der Waals surface area contributed by atoms with Crippen LogP contribution in [-0.4, -0.2) is 26.3 Å². The van der Waals surface area contributed by atoms with Crippen LogP contribution < -0.4 is 16.6 Å². The van der Waals surface area contributed by atoms with Crippen molar-refractivity contribution in [3.05, 3.63) is 34.1 Å². The van der Waals surface area contributed by atoms with Crippen molar-refractivity contribution in [3.8, 4) is 0 Å². The SMILES string of the molecule is Cc1cc(C)n(CCCNc2nc[nH]c(=O)c2N)n1. The Morgan fingerprint density at radius 3 is 2.95 bits per heavy atom. The quantitative estimate of drug-likeness (QED) is 0.687. The molecule has 0 aliphatic rings. The van der Waals surface area contributed by atoms with Gasteiger partial charge in [-0.25, -0.2) is 4.98 Å². The van der Waals surface area contributed by atoms with Gasteiger partial charge in [0, 0.05) is 18.8 Å². The second-order valence-electron chi connectivity index (χ2n) is 4.42. The van der Waals surface area contributed by atoms with Crippen molar-refractivity contribution in [1.29, 1.82) is 0 Å². The number of nitrogen functional groups attached to an aromatic ring is 1. The largest absolute Gasteiger partial charge is 0.391 e. The lowest BCUT2D eigenvalue weighted by Gasteiger charge is -2.08. The third kappa shape index (κ3) is 3.12. The van der Waals surface area contributed by atoms with E-state index in [0.29, 0.717) is 12.4 Å². The van der Waals surface area contributed by atoms with Gasteiger partial charge in [-0.2, -0.15) is 5.10 Å². The number of nitrogens with one attached hydrogen (secondary N) is 2. The number of hydrogen-bond donors (Lipinski definition) is 3. The zero-order chi connectivity index (χ0) is 13.8. The molecule has 0 unspecified atom stereocenters. The molecule has 0 saturated carbocycles. The van der Waals surface area contributed by atoms with E-state index in [-0.39, 0.29) is 11.2 Å². The van der Waals surface area contributed by atoms with Crippen LogP contribution >= 0.6 is 0 Å². The highest BCUT2D eigenvalue weighted by Gasteiger charge is 2.04. The standard InChI is InChI=1S/C12H18N6O/c1-8-6-9(2)18(17-8)5-3-4-14-11-10(13)12(19)16-7-15-11/h6-7H,3-5,13H2,1-2H3,(H2,14,15,16,19). The molecule has 0 radical (unpaired) electrons. The lowest BCUT2D eigenvalue weighted by Crippen LogP contribution is -2.17. The number of hydrogen-bond acceptors (Lipinski definition) is 5. The van der Waals surface area contributed by atoms with Gasteiger partial charge in [-0.05, 0) is 26.3 Å². The minimum Gasteiger partial charge on any atom is -0.391 e. The number of nitrogens with two attached hydrogens (primary N) is 1. The lowest BCUT2D eigenvalue weighted by molar-refractivity contribution is 0.573. The van der Waals surface area contributed by atoms with Crippen LogP contribution in [0.1, 0.15) is 17.8 Å². The highest BCUT2D eigenvalue weighted by molar-refractivity contribution is 5.58. The number of H-pyrrole nitrogens is 1. The molecule has 2 aromatic rings. The second kappa shape index (κ2) is 5.55. The minimum absolute atomic E-state index is 0.119. The summed E-state index contributed by atoms with van der Waals surface area (Å²) < 4.78 is 1.96. The smallest absolute Gasteiger partial charge is 0.276 e. The molecule has 0 amide bonds. The maximum atomic E-state index is 11.3. The molecule has 2 heterocycles. The summed E-state index contributed by atoms with van der Waals surface area (Å²) in [7, 11) is 0. The van der Waals surface area contributed by atoms with Gasteiger partial charge in [-0.15, -0.1) is 0 Å². The van der Waals surface area contributed by atoms with Crippen molar-refractivity contribution in [2.24, 2.45) is 0 Å². The first-order valence-corrected chi connectivity index (χ1v) is 6.16. The Balaban J connectivity index is 1.86. The van der Waals surface area contributed by atoms with E-state index >= 15 is 0 Å². The summed E-state index contributed by atoms with van der Waals surface area (Å²) in [4.78, 5) is 17.7. The number of aromatic nitrogens is 4. The molecule has 2 aromatic heterocycles. The highest BCUT2D eigenvalue weighted by atomic mass is 16.1. The number of aryl methyl sites for hydroxylation is 3. The van der Waals surface area contributed by atoms with Crippen LogP contribution in [0.5, 0.6) is 0 Å². The van der Waals surface area contributed by atoms with E-state index in [0.717, 1.165) is 24.4 Å². The molecule has 102 valence electrons. The Morgan fingerprint density at radius 1 is 1.47 bits per heavy atom. The Morgan fingerprint density at radius 2 is 2.26 bits per heavy atom. The fourth-order valence-electron chi connectivity index (χ4n) is 1.89. The van der Waals surface area contributed by atoms with Gasteiger partial charge in [0.05, 0.1) is 12.0 Å². The molecule has 0 aliphatic heterocycles. The average Bonchev–Trinajstić information content (AvgIpc) is 2.68. The Labute approximate surface area is 110 Å². The molecule has 0 saturated heterocycles. The van der Waals surface area contributed by atoms with Gasteiger partial charge in [-0.3, -0.25) is 9.48 Å². The summed E-state index contributed by atoms with van der Waals surface area (Å²) in [5.41, 5.74) is 7.58. The van der Waals surface area contributed by atoms with Crippen LogP contribution in [0.4, 0.5) is 11.5 Å². The molecule has 7 nitrogen and oxygen atoms in total. The summed E-state index contributed by atoms with van der Waals surface area (Å²) >= 11 is 0. The van der Waals surface area contributed by atoms with E-state index in [1.165, 1.54) is 6.33 Å². The summed E-state index contributed by atoms with van der Waals surface area (Å²) in [6.07, 6.45) is 2.21. The zero-order valence-electron chi connectivity index (χ0n) is 11.1. The van der Waals surface area contributed by atoms with Crippen LogP contribution in [0.15, 0.2) is 17.2 Å². The maximum Gasteiger partial charge on any atom is 0.276 e. The topological polar surface area (TPSA) is 102 Å². The number of nitrogens with zero attached hydrogens (tertiary/aromatic N) is 3. The van der Waals surface area contributed by atoms with E-state index in [2.05, 4.69) is 20.4 Å². The van der Waals surface area contributed by atoms with Gasteiger partial charge in [-0.1, -0.05) is 0 Å². The number of aromatic amines is 1. The number of anilines is 2. The van der Waals surface area contributed by atoms with Gasteiger partial charge >= 0.3 is 0 Å². The molecule has 2 rings (SSSR count). The van der Waals surface area contributed by atoms with E-state index in [1.807, 2.05) is 24.6 Å². The molecular formula is C12H18N6O. The Kier molecular flexibility index (Phi) is 3.84. The predicted octanol–water partition coefficient (Wildman–Crippen LogP) is 0.668. The summed E-state index contributed by atoms with van der Waals surface area (Å²) in [6, 6.07) is 2.05. The third-order valence-corrected chi connectivity index (χ3v) is 2.83. The van der Waals surface area contributed by atoms with Crippen LogP contribution in [0.2, 0.25) is 0 Å². The monoisotopic (exact) mass is 262 g/mol. The summed E-state index contributed by atoms with van der Waals surface area (Å²) in [5, 5.41) is 7.43. The summed E-state index contributed by atoms with van der Waals surface area (Å²) in [6.45, 7) is 5.50.